The SMILES string of the molecule is CN(CC(=O)O)C1CCN(c2cc(N3CCc4ccccc43)ncn2)CC1. The van der Waals surface area contributed by atoms with Gasteiger partial charge in [-0.3, -0.25) is 9.69 Å². The zero-order chi connectivity index (χ0) is 18.8. The Kier molecular flexibility index (Phi) is 4.94. The number of carbonyl (C=O) groups is 1. The van der Waals surface area contributed by atoms with E-state index in [9.17, 15) is 4.79 Å². The molecule has 1 aromatic carbocycles. The highest BCUT2D eigenvalue weighted by atomic mass is 16.4. The molecule has 0 spiro atoms. The summed E-state index contributed by atoms with van der Waals surface area (Å²) in [4.78, 5) is 26.4. The van der Waals surface area contributed by atoms with Crippen LogP contribution in [0.25, 0.3) is 0 Å². The number of hydrogen-bond acceptors (Lipinski definition) is 6. The van der Waals surface area contributed by atoms with Gasteiger partial charge in [0.05, 0.1) is 6.54 Å². The number of likely N-dealkylation sites (N-methyl/N-ethyl adjacent to an activating group) is 1. The Hall–Kier alpha value is -2.67. The molecule has 2 aliphatic rings. The molecule has 1 fully saturated rings. The predicted octanol–water partition coefficient (Wildman–Crippen LogP) is 2.16. The number of anilines is 3. The van der Waals surface area contributed by atoms with E-state index in [0.717, 1.165) is 50.5 Å². The number of hydrogen-bond donors (Lipinski definition) is 1. The molecule has 2 aromatic rings. The molecule has 0 bridgehead atoms. The molecule has 1 N–H and O–H groups in total. The molecule has 7 heteroatoms. The van der Waals surface area contributed by atoms with Gasteiger partial charge in [0, 0.05) is 37.4 Å². The van der Waals surface area contributed by atoms with Crippen LogP contribution in [-0.2, 0) is 11.2 Å². The van der Waals surface area contributed by atoms with Crippen LogP contribution in [0.1, 0.15) is 18.4 Å². The highest BCUT2D eigenvalue weighted by Gasteiger charge is 2.26. The maximum Gasteiger partial charge on any atom is 0.317 e. The van der Waals surface area contributed by atoms with Gasteiger partial charge in [0.2, 0.25) is 0 Å². The molecule has 0 saturated carbocycles. The van der Waals surface area contributed by atoms with Crippen molar-refractivity contribution in [2.45, 2.75) is 25.3 Å². The molecule has 1 aromatic heterocycles. The molecular formula is C20H25N5O2. The van der Waals surface area contributed by atoms with E-state index in [1.54, 1.807) is 6.33 Å². The fraction of sp³-hybridized carbons (Fsp3) is 0.450. The number of fused-ring (bicyclic) bond motifs is 1. The Morgan fingerprint density at radius 3 is 2.70 bits per heavy atom. The first-order valence-corrected chi connectivity index (χ1v) is 9.46. The number of piperidine rings is 1. The molecule has 0 radical (unpaired) electrons. The second-order valence-corrected chi connectivity index (χ2v) is 7.29. The van der Waals surface area contributed by atoms with Crippen molar-refractivity contribution in [1.29, 1.82) is 0 Å². The molecule has 1 saturated heterocycles. The molecular weight excluding hydrogens is 342 g/mol. The van der Waals surface area contributed by atoms with Gasteiger partial charge in [-0.05, 0) is 37.9 Å². The molecule has 27 heavy (non-hydrogen) atoms. The minimum atomic E-state index is -0.772. The third-order valence-corrected chi connectivity index (χ3v) is 5.60. The summed E-state index contributed by atoms with van der Waals surface area (Å²) in [5, 5.41) is 8.97. The number of carboxylic acid groups (broad SMARTS) is 1. The van der Waals surface area contributed by atoms with Crippen LogP contribution in [0.4, 0.5) is 17.3 Å². The van der Waals surface area contributed by atoms with Crippen LogP contribution >= 0.6 is 0 Å². The molecule has 142 valence electrons. The minimum Gasteiger partial charge on any atom is -0.480 e. The van der Waals surface area contributed by atoms with Gasteiger partial charge < -0.3 is 14.9 Å². The van der Waals surface area contributed by atoms with Gasteiger partial charge in [-0.15, -0.1) is 0 Å². The third kappa shape index (κ3) is 3.73. The van der Waals surface area contributed by atoms with Gasteiger partial charge in [0.15, 0.2) is 0 Å². The van der Waals surface area contributed by atoms with Crippen molar-refractivity contribution < 1.29 is 9.90 Å². The monoisotopic (exact) mass is 367 g/mol. The number of nitrogens with zero attached hydrogens (tertiary/aromatic N) is 5. The highest BCUT2D eigenvalue weighted by Crippen LogP contribution is 2.34. The first-order chi connectivity index (χ1) is 13.1. The quantitative estimate of drug-likeness (QED) is 0.868. The molecule has 0 aliphatic carbocycles. The Labute approximate surface area is 159 Å². The van der Waals surface area contributed by atoms with Crippen molar-refractivity contribution in [2.75, 3.05) is 43.0 Å². The lowest BCUT2D eigenvalue weighted by atomic mass is 10.0. The highest BCUT2D eigenvalue weighted by molar-refractivity contribution is 5.69. The molecule has 2 aliphatic heterocycles. The van der Waals surface area contributed by atoms with Crippen LogP contribution in [0.2, 0.25) is 0 Å². The van der Waals surface area contributed by atoms with Crippen molar-refractivity contribution in [1.82, 2.24) is 14.9 Å². The second-order valence-electron chi connectivity index (χ2n) is 7.29. The maximum atomic E-state index is 10.9. The van der Waals surface area contributed by atoms with Crippen molar-refractivity contribution in [3.05, 3.63) is 42.2 Å². The van der Waals surface area contributed by atoms with Crippen molar-refractivity contribution in [3.63, 3.8) is 0 Å². The average Bonchev–Trinajstić information content (AvgIpc) is 3.12. The first-order valence-electron chi connectivity index (χ1n) is 9.46. The summed E-state index contributed by atoms with van der Waals surface area (Å²) in [5.74, 6) is 1.12. The summed E-state index contributed by atoms with van der Waals surface area (Å²) >= 11 is 0. The number of aromatic nitrogens is 2. The number of aliphatic carboxylic acids is 1. The maximum absolute atomic E-state index is 10.9. The van der Waals surface area contributed by atoms with Crippen LogP contribution in [0.15, 0.2) is 36.7 Å². The number of rotatable bonds is 5. The normalized spacial score (nSPS) is 17.4. The Morgan fingerprint density at radius 2 is 1.93 bits per heavy atom. The molecule has 7 nitrogen and oxygen atoms in total. The van der Waals surface area contributed by atoms with Crippen molar-refractivity contribution in [3.8, 4) is 0 Å². The number of benzene rings is 1. The molecule has 0 amide bonds. The third-order valence-electron chi connectivity index (χ3n) is 5.60. The lowest BCUT2D eigenvalue weighted by Crippen LogP contribution is -2.45. The smallest absolute Gasteiger partial charge is 0.317 e. The summed E-state index contributed by atoms with van der Waals surface area (Å²) in [5.41, 5.74) is 2.59. The van der Waals surface area contributed by atoms with Crippen molar-refractivity contribution in [2.24, 2.45) is 0 Å². The summed E-state index contributed by atoms with van der Waals surface area (Å²) in [6.07, 6.45) is 4.57. The van der Waals surface area contributed by atoms with E-state index < -0.39 is 5.97 Å². The Balaban J connectivity index is 1.44. The lowest BCUT2D eigenvalue weighted by Gasteiger charge is -2.36. The molecule has 0 unspecified atom stereocenters. The predicted molar refractivity (Wildman–Crippen MR) is 105 cm³/mol. The first kappa shape index (κ1) is 17.7. The van der Waals surface area contributed by atoms with Gasteiger partial charge in [-0.1, -0.05) is 18.2 Å². The topological polar surface area (TPSA) is 72.8 Å². The van der Waals surface area contributed by atoms with Crippen molar-refractivity contribution >= 4 is 23.3 Å². The zero-order valence-electron chi connectivity index (χ0n) is 15.6. The van der Waals surface area contributed by atoms with E-state index in [-0.39, 0.29) is 6.54 Å². The summed E-state index contributed by atoms with van der Waals surface area (Å²) in [6.45, 7) is 2.79. The van der Waals surface area contributed by atoms with Gasteiger partial charge in [-0.25, -0.2) is 9.97 Å². The largest absolute Gasteiger partial charge is 0.480 e. The van der Waals surface area contributed by atoms with Crippen LogP contribution in [0.5, 0.6) is 0 Å². The average molecular weight is 367 g/mol. The Morgan fingerprint density at radius 1 is 1.19 bits per heavy atom. The molecule has 4 rings (SSSR count). The van der Waals surface area contributed by atoms with E-state index in [4.69, 9.17) is 5.11 Å². The fourth-order valence-electron chi connectivity index (χ4n) is 4.11. The van der Waals surface area contributed by atoms with Gasteiger partial charge in [-0.2, -0.15) is 0 Å². The van der Waals surface area contributed by atoms with Crippen LogP contribution < -0.4 is 9.80 Å². The summed E-state index contributed by atoms with van der Waals surface area (Å²) in [6, 6.07) is 10.9. The molecule has 3 heterocycles. The van der Waals surface area contributed by atoms with Crippen LogP contribution in [-0.4, -0.2) is 65.2 Å². The zero-order valence-corrected chi connectivity index (χ0v) is 15.6. The second kappa shape index (κ2) is 7.52. The standard InChI is InChI=1S/C20H25N5O2/c1-23(13-20(26)27)16-7-9-24(10-8-16)18-12-19(22-14-21-18)25-11-6-15-4-2-3-5-17(15)25/h2-5,12,14,16H,6-11,13H2,1H3,(H,26,27). The number of carboxylic acids is 1. The molecule has 0 atom stereocenters. The number of para-hydroxylation sites is 1. The lowest BCUT2D eigenvalue weighted by molar-refractivity contribution is -0.138. The van der Waals surface area contributed by atoms with E-state index in [1.165, 1.54) is 11.3 Å². The minimum absolute atomic E-state index is 0.0939. The van der Waals surface area contributed by atoms with E-state index in [2.05, 4.69) is 50.1 Å². The summed E-state index contributed by atoms with van der Waals surface area (Å²) in [7, 11) is 1.89. The summed E-state index contributed by atoms with van der Waals surface area (Å²) < 4.78 is 0. The van der Waals surface area contributed by atoms with Crippen LogP contribution in [0, 0.1) is 0 Å². The van der Waals surface area contributed by atoms with E-state index >= 15 is 0 Å². The van der Waals surface area contributed by atoms with E-state index in [0.29, 0.717) is 6.04 Å². The Bertz CT molecular complexity index is 820. The van der Waals surface area contributed by atoms with E-state index in [1.807, 2.05) is 11.9 Å². The van der Waals surface area contributed by atoms with Gasteiger partial charge >= 0.3 is 5.97 Å². The van der Waals surface area contributed by atoms with Gasteiger partial charge in [0.1, 0.15) is 18.0 Å². The fourth-order valence-corrected chi connectivity index (χ4v) is 4.11. The van der Waals surface area contributed by atoms with Crippen LogP contribution in [0.3, 0.4) is 0 Å². The van der Waals surface area contributed by atoms with Gasteiger partial charge in [0.25, 0.3) is 0 Å².